The Morgan fingerprint density at radius 3 is 0.778 bits per heavy atom. The normalized spacial score (nSPS) is 5.78. The van der Waals surface area contributed by atoms with E-state index in [0.29, 0.717) is 0 Å². The van der Waals surface area contributed by atoms with Crippen molar-refractivity contribution < 1.29 is 84.5 Å². The number of rotatable bonds is 0. The second-order valence-electron chi connectivity index (χ2n) is 0.500. The van der Waals surface area contributed by atoms with Gasteiger partial charge in [-0.25, -0.2) is 0 Å². The van der Waals surface area contributed by atoms with Crippen LogP contribution in [-0.4, -0.2) is 0 Å². The van der Waals surface area contributed by atoms with Gasteiger partial charge in [-0.05, 0) is 0 Å². The second kappa shape index (κ2) is 12.4. The minimum absolute atomic E-state index is 0. The molecule has 0 aliphatic heterocycles. The van der Waals surface area contributed by atoms with Crippen molar-refractivity contribution >= 4 is 0 Å². The summed E-state index contributed by atoms with van der Waals surface area (Å²) in [6.45, 7) is 0. The predicted molar refractivity (Wildman–Crippen MR) is 1.37 cm³/mol. The van der Waals surface area contributed by atoms with Crippen LogP contribution in [0.15, 0.2) is 0 Å². The first kappa shape index (κ1) is 17.0. The average molecular weight is 370 g/mol. The molecule has 0 aromatic heterocycles. The fourth-order valence-electron chi connectivity index (χ4n) is 0. The molecule has 0 saturated carbocycles. The van der Waals surface area contributed by atoms with Gasteiger partial charge in [0.25, 0.3) is 0 Å². The molecule has 6 nitrogen and oxygen atoms in total. The third-order valence-electron chi connectivity index (χ3n) is 0. The molecule has 0 radical (unpaired) electrons. The molecule has 0 fully saturated rings. The summed E-state index contributed by atoms with van der Waals surface area (Å²) in [7, 11) is 0. The molecule has 9 heteroatoms. The van der Waals surface area contributed by atoms with Crippen molar-refractivity contribution in [3.05, 3.63) is 0 Å². The fourth-order valence-corrected chi connectivity index (χ4v) is 0. The van der Waals surface area contributed by atoms with Crippen LogP contribution in [0.4, 0.5) is 0 Å². The zero-order valence-corrected chi connectivity index (χ0v) is 10.7. The fraction of sp³-hybridized carbons (Fsp3) is 0. The Kier molecular flexibility index (Phi) is 23.5. The number of hydrogen-bond acceptors (Lipinski definition) is 6. The molecule has 48 valence electrons. The van der Waals surface area contributed by atoms with Crippen molar-refractivity contribution in [2.24, 2.45) is 0 Å². The van der Waals surface area contributed by atoms with E-state index in [-0.39, 0.29) is 25.8 Å². The van der Waals surface area contributed by atoms with Gasteiger partial charge in [-0.1, -0.05) is 0 Å². The first-order valence-electron chi connectivity index (χ1n) is 1.22. The van der Waals surface area contributed by atoms with Crippen LogP contribution in [0.5, 0.6) is 0 Å². The van der Waals surface area contributed by atoms with Gasteiger partial charge in [0.2, 0.25) is 0 Å². The molecule has 0 N–H and O–H groups in total. The van der Waals surface area contributed by atoms with E-state index >= 15 is 0 Å². The van der Waals surface area contributed by atoms with Gasteiger partial charge in [-0.15, -0.1) is 0 Å². The molecule has 0 bridgehead atoms. The van der Waals surface area contributed by atoms with Gasteiger partial charge in [0.15, 0.2) is 0 Å². The van der Waals surface area contributed by atoms with Crippen LogP contribution >= 0.6 is 0 Å². The Morgan fingerprint density at radius 2 is 0.778 bits per heavy atom. The van der Waals surface area contributed by atoms with Crippen molar-refractivity contribution in [1.29, 1.82) is 0 Å². The number of hydrogen-bond donors (Lipinski definition) is 0. The first-order chi connectivity index (χ1) is 3.46. The molecule has 0 amide bonds. The van der Waals surface area contributed by atoms with Crippen LogP contribution in [0.3, 0.4) is 0 Å². The molecule has 0 aromatic carbocycles. The van der Waals surface area contributed by atoms with Gasteiger partial charge in [0.05, 0.1) is 0 Å². The molecule has 0 saturated heterocycles. The molecule has 0 heterocycles. The van der Waals surface area contributed by atoms with Gasteiger partial charge >= 0.3 is 84.5 Å². The van der Waals surface area contributed by atoms with Crippen molar-refractivity contribution in [3.63, 3.8) is 0 Å². The minimum atomic E-state index is -4.08. The van der Waals surface area contributed by atoms with Crippen LogP contribution in [0, 0.1) is 0 Å². The molecule has 0 spiro atoms. The zero-order valence-electron chi connectivity index (χ0n) is 3.95. The maximum atomic E-state index is 8.58. The zero-order chi connectivity index (χ0) is 7.15. The summed E-state index contributed by atoms with van der Waals surface area (Å²) < 4.78 is 51.5. The Morgan fingerprint density at radius 1 is 0.778 bits per heavy atom. The van der Waals surface area contributed by atoms with E-state index in [0.717, 1.165) is 0 Å². The molecule has 0 aliphatic rings. The van der Waals surface area contributed by atoms with Crippen LogP contribution in [0.1, 0.15) is 0 Å². The van der Waals surface area contributed by atoms with Crippen LogP contribution in [0.2, 0.25) is 0 Å². The standard InChI is InChI=1S/Hf.6O.2Ti/q+4;;;4*-1;;. The summed E-state index contributed by atoms with van der Waals surface area (Å²) in [5.41, 5.74) is 0. The Hall–Kier alpha value is 1.74. The molecule has 0 aromatic rings. The van der Waals surface area contributed by atoms with E-state index in [1.165, 1.54) is 0 Å². The molecule has 0 rings (SSSR count). The predicted octanol–water partition coefficient (Wildman–Crippen LogP) is -5.00. The van der Waals surface area contributed by atoms with Gasteiger partial charge in [-0.3, -0.25) is 0 Å². The second-order valence-corrected chi connectivity index (χ2v) is 2.06. The van der Waals surface area contributed by atoms with E-state index in [1.54, 1.807) is 0 Å². The third-order valence-corrected chi connectivity index (χ3v) is 0. The van der Waals surface area contributed by atoms with Crippen molar-refractivity contribution in [2.75, 3.05) is 0 Å². The van der Waals surface area contributed by atoms with Gasteiger partial charge in [-0.2, -0.15) is 0 Å². The SMILES string of the molecule is [Hf+4].[O]=[Ti]([O-])[O-].[O]=[Ti]([O-])[O-]. The summed E-state index contributed by atoms with van der Waals surface area (Å²) in [6, 6.07) is 0. The quantitative estimate of drug-likeness (QED) is 0.393. The van der Waals surface area contributed by atoms with Crippen molar-refractivity contribution in [3.8, 4) is 0 Å². The summed E-state index contributed by atoms with van der Waals surface area (Å²) in [6.07, 6.45) is 0. The van der Waals surface area contributed by atoms with E-state index in [2.05, 4.69) is 0 Å². The van der Waals surface area contributed by atoms with Crippen LogP contribution in [0.25, 0.3) is 0 Å². The Balaban J connectivity index is -0.0000000720. The first-order valence-corrected chi connectivity index (χ1v) is 5.05. The van der Waals surface area contributed by atoms with Crippen LogP contribution < -0.4 is 14.8 Å². The molecular formula is HfO6Ti2. The molecular weight excluding hydrogens is 370 g/mol. The topological polar surface area (TPSA) is 126 Å². The van der Waals surface area contributed by atoms with Gasteiger partial charge in [0.1, 0.15) is 0 Å². The van der Waals surface area contributed by atoms with Crippen molar-refractivity contribution in [2.45, 2.75) is 0 Å². The monoisotopic (exact) mass is 372 g/mol. The molecule has 0 aliphatic carbocycles. The Bertz CT molecular complexity index is 69.1. The van der Waals surface area contributed by atoms with E-state index in [4.69, 9.17) is 21.4 Å². The van der Waals surface area contributed by atoms with E-state index in [9.17, 15) is 0 Å². The maximum absolute atomic E-state index is 8.58. The van der Waals surface area contributed by atoms with E-state index < -0.39 is 37.2 Å². The third kappa shape index (κ3) is 193. The van der Waals surface area contributed by atoms with Gasteiger partial charge in [0, 0.05) is 0 Å². The average Bonchev–Trinajstić information content (AvgIpc) is 1.25. The molecule has 9 heavy (non-hydrogen) atoms. The summed E-state index contributed by atoms with van der Waals surface area (Å²) in [4.78, 5) is 0. The molecule has 0 atom stereocenters. The molecule has 0 unspecified atom stereocenters. The van der Waals surface area contributed by atoms with Crippen LogP contribution in [-0.2, 0) is 69.7 Å². The Labute approximate surface area is 83.5 Å². The summed E-state index contributed by atoms with van der Waals surface area (Å²) >= 11 is -8.17. The van der Waals surface area contributed by atoms with E-state index in [1.807, 2.05) is 0 Å². The summed E-state index contributed by atoms with van der Waals surface area (Å²) in [5.74, 6) is 0. The van der Waals surface area contributed by atoms with Gasteiger partial charge < -0.3 is 0 Å². The van der Waals surface area contributed by atoms with Crippen molar-refractivity contribution in [1.82, 2.24) is 0 Å². The summed E-state index contributed by atoms with van der Waals surface area (Å²) in [5, 5.41) is 0.